The van der Waals surface area contributed by atoms with Crippen LogP contribution in [0.1, 0.15) is 118 Å². The zero-order chi connectivity index (χ0) is 83.3. The van der Waals surface area contributed by atoms with Gasteiger partial charge in [-0.3, -0.25) is 0 Å². The quantitative estimate of drug-likeness (QED) is 0.0294. The molecule has 1 aromatic rings. The lowest BCUT2D eigenvalue weighted by atomic mass is 9.90. The Labute approximate surface area is 645 Å². The van der Waals surface area contributed by atoms with Gasteiger partial charge >= 0.3 is 89.1 Å². The van der Waals surface area contributed by atoms with E-state index in [1.165, 1.54) is 0 Å². The van der Waals surface area contributed by atoms with Gasteiger partial charge in [0.15, 0.2) is 0 Å². The molecule has 1 rings (SSSR count). The Morgan fingerprint density at radius 3 is 0.802 bits per heavy atom. The molecule has 3 N–H and O–H groups in total. The zero-order valence-electron chi connectivity index (χ0n) is 64.3. The summed E-state index contributed by atoms with van der Waals surface area (Å²) in [5.74, 6) is -7.70. The van der Waals surface area contributed by atoms with E-state index in [9.17, 15) is 71.9 Å². The summed E-state index contributed by atoms with van der Waals surface area (Å²) in [5, 5.41) is 7.89. The fourth-order valence-corrected chi connectivity index (χ4v) is 9.56. The van der Waals surface area contributed by atoms with Gasteiger partial charge in [-0.2, -0.15) is 0 Å². The van der Waals surface area contributed by atoms with E-state index in [0.29, 0.717) is 83.5 Å². The highest BCUT2D eigenvalue weighted by Gasteiger charge is 2.42. The third-order valence-corrected chi connectivity index (χ3v) is 16.1. The minimum atomic E-state index is -1.69. The highest BCUT2D eigenvalue weighted by molar-refractivity contribution is 5.84. The Balaban J connectivity index is 3.29. The predicted molar refractivity (Wildman–Crippen MR) is 400 cm³/mol. The molecule has 0 fully saturated rings. The van der Waals surface area contributed by atoms with Gasteiger partial charge in [-0.05, 0) is 66.2 Å². The lowest BCUT2D eigenvalue weighted by Gasteiger charge is -2.35. The van der Waals surface area contributed by atoms with E-state index in [0.717, 1.165) is 68.4 Å². The van der Waals surface area contributed by atoms with Crippen LogP contribution in [0.25, 0.3) is 0 Å². The topological polar surface area (TPSA) is 436 Å². The number of aromatic nitrogens is 3. The van der Waals surface area contributed by atoms with Crippen LogP contribution >= 0.6 is 0 Å². The summed E-state index contributed by atoms with van der Waals surface area (Å²) >= 11 is 0. The van der Waals surface area contributed by atoms with Crippen LogP contribution in [0.15, 0.2) is 128 Å². The van der Waals surface area contributed by atoms with Crippen molar-refractivity contribution < 1.29 is 124 Å². The molecule has 35 heteroatoms. The van der Waals surface area contributed by atoms with Crippen molar-refractivity contribution in [2.24, 2.45) is 16.2 Å². The molecule has 618 valence electrons. The van der Waals surface area contributed by atoms with Crippen LogP contribution < -0.4 is 33.0 Å². The second-order valence-corrected chi connectivity index (χ2v) is 26.6. The van der Waals surface area contributed by atoms with Gasteiger partial charge < -0.3 is 82.3 Å². The molecule has 0 aliphatic heterocycles. The third kappa shape index (κ3) is 42.0. The van der Waals surface area contributed by atoms with E-state index in [-0.39, 0.29) is 58.9 Å². The number of rotatable bonds is 62. The molecule has 35 nitrogen and oxygen atoms in total. The fourth-order valence-electron chi connectivity index (χ4n) is 9.56. The number of nitrogens with one attached hydrogen (secondary N) is 3. The maximum absolute atomic E-state index is 14.1. The Morgan fingerprint density at radius 1 is 0.297 bits per heavy atom. The number of alkyl carbamates (subject to hydrolysis) is 3. The molecule has 0 unspecified atom stereocenters. The smallest absolute Gasteiger partial charge is 0.407 e. The number of ether oxygens (including phenoxy) is 14. The molecule has 0 atom stereocenters. The number of amides is 3. The number of carbonyl (C=O) groups excluding carboxylic acids is 12. The van der Waals surface area contributed by atoms with E-state index >= 15 is 0 Å². The number of hydrogen-bond donors (Lipinski definition) is 3. The first-order chi connectivity index (χ1) is 52.7. The first-order valence-electron chi connectivity index (χ1n) is 35.8. The maximum Gasteiger partial charge on any atom is 0.407 e. The van der Waals surface area contributed by atoms with Gasteiger partial charge in [0.25, 0.3) is 0 Å². The van der Waals surface area contributed by atoms with Gasteiger partial charge in [0, 0.05) is 107 Å². The van der Waals surface area contributed by atoms with E-state index in [2.05, 4.69) is 75.2 Å². The van der Waals surface area contributed by atoms with Crippen molar-refractivity contribution >= 4 is 72.0 Å². The molecule has 0 aliphatic carbocycles. The van der Waals surface area contributed by atoms with Crippen molar-refractivity contribution in [1.82, 2.24) is 29.7 Å². The molecule has 0 saturated heterocycles. The molecule has 111 heavy (non-hydrogen) atoms. The first kappa shape index (κ1) is 98.0. The molecular weight excluding hydrogens is 1460 g/mol. The van der Waals surface area contributed by atoms with Gasteiger partial charge in [-0.25, -0.2) is 85.6 Å². The van der Waals surface area contributed by atoms with Crippen LogP contribution in [0.2, 0.25) is 0 Å². The van der Waals surface area contributed by atoms with Crippen LogP contribution in [-0.4, -0.2) is 209 Å². The summed E-state index contributed by atoms with van der Waals surface area (Å²) in [6.45, 7) is 31.1. The van der Waals surface area contributed by atoms with Crippen LogP contribution in [-0.2, 0) is 129 Å². The lowest BCUT2D eigenvalue weighted by molar-refractivity contribution is -0.168. The SMILES string of the molecule is C=CC(=O)OCC(COCC(COC(=O)C=C)(COC(=O)C=C)COC(=O)NCCCCCCn1c(=O)n(CCCCCCNC(=O)OCCC(C)(C)OCCC(C)(C)OC(=O)C=C)c(=O)n(CCCCCCNC(=O)OCC(COC(=O)C=C)(COC(=O)C=C)COC(=O)C=C)c1=O)(COC(=O)C=C)COC(=O)C=C. The van der Waals surface area contributed by atoms with Crippen molar-refractivity contribution in [2.75, 3.05) is 112 Å². The monoisotopic (exact) mass is 1570 g/mol. The molecule has 0 aliphatic rings. The van der Waals surface area contributed by atoms with E-state index < -0.39 is 196 Å². The number of hydrogen-bond acceptors (Lipinski definition) is 29. The zero-order valence-corrected chi connectivity index (χ0v) is 64.3. The minimum absolute atomic E-state index is 0.0366. The van der Waals surface area contributed by atoms with Gasteiger partial charge in [-0.1, -0.05) is 97.7 Å². The molecule has 1 heterocycles. The Hall–Kier alpha value is -11.0. The molecule has 0 aromatic carbocycles. The van der Waals surface area contributed by atoms with Crippen molar-refractivity contribution in [1.29, 1.82) is 0 Å². The van der Waals surface area contributed by atoms with Crippen molar-refractivity contribution in [3.63, 3.8) is 0 Å². The summed E-state index contributed by atoms with van der Waals surface area (Å²) in [5.41, 5.74) is -8.78. The van der Waals surface area contributed by atoms with Gasteiger partial charge in [0.1, 0.15) is 77.1 Å². The maximum atomic E-state index is 14.1. The lowest BCUT2D eigenvalue weighted by Crippen LogP contribution is -2.54. The Morgan fingerprint density at radius 2 is 0.532 bits per heavy atom. The summed E-state index contributed by atoms with van der Waals surface area (Å²) in [6, 6.07) is 0. The van der Waals surface area contributed by atoms with E-state index in [1.54, 1.807) is 13.8 Å². The second kappa shape index (κ2) is 53.8. The summed E-state index contributed by atoms with van der Waals surface area (Å²) in [4.78, 5) is 190. The first-order valence-corrected chi connectivity index (χ1v) is 35.8. The van der Waals surface area contributed by atoms with Crippen molar-refractivity contribution in [2.45, 2.75) is 148 Å². The van der Waals surface area contributed by atoms with Crippen molar-refractivity contribution in [3.8, 4) is 0 Å². The molecule has 1 aromatic heterocycles. The average molecular weight is 1570 g/mol. The normalized spacial score (nSPS) is 11.2. The van der Waals surface area contributed by atoms with Crippen LogP contribution in [0.5, 0.6) is 0 Å². The second-order valence-electron chi connectivity index (χ2n) is 26.6. The summed E-state index contributed by atoms with van der Waals surface area (Å²) in [7, 11) is 0. The predicted octanol–water partition coefficient (Wildman–Crippen LogP) is 5.92. The number of unbranched alkanes of at least 4 members (excludes halogenated alkanes) is 9. The molecule has 0 spiro atoms. The summed E-state index contributed by atoms with van der Waals surface area (Å²) in [6.07, 6.45) is 11.4. The molecular formula is C76H110N6O29. The van der Waals surface area contributed by atoms with Gasteiger partial charge in [0.05, 0.1) is 42.9 Å². The number of carbonyl (C=O) groups is 12. The highest BCUT2D eigenvalue weighted by atomic mass is 16.6. The molecule has 0 bridgehead atoms. The largest absolute Gasteiger partial charge is 0.462 e. The van der Waals surface area contributed by atoms with Crippen molar-refractivity contribution in [3.05, 3.63) is 145 Å². The molecule has 3 amide bonds. The Kier molecular flexibility index (Phi) is 47.5. The van der Waals surface area contributed by atoms with Gasteiger partial charge in [0.2, 0.25) is 0 Å². The van der Waals surface area contributed by atoms with Crippen LogP contribution in [0, 0.1) is 16.2 Å². The number of nitrogens with zero attached hydrogens (tertiary/aromatic N) is 3. The minimum Gasteiger partial charge on any atom is -0.462 e. The van der Waals surface area contributed by atoms with E-state index in [1.807, 2.05) is 13.8 Å². The molecule has 0 radical (unpaired) electrons. The van der Waals surface area contributed by atoms with Crippen LogP contribution in [0.3, 0.4) is 0 Å². The van der Waals surface area contributed by atoms with E-state index in [4.69, 9.17) is 66.3 Å². The summed E-state index contributed by atoms with van der Waals surface area (Å²) < 4.78 is 78.7. The standard InChI is InChI=1S/C76H110N6O29/c1-14-57(83)100-47-74(48-101-58(84)15-2,49-102-59(85)16-3)45-98-46-75(50-103-60(86)17-4,51-104-61(87)18-5)55-108-67(93)78-38-30-24-27-33-41-81-69(95)80(40-32-26-23-29-37-77-66(92)99-43-35-72(10,11)110-44-36-73(12,13)111-65(91)22-9)70(96)82(71(81)97)42-34-28-25-31-39-79-68(94)109-56-76(52-105-62(88)19-6,53-106-63(89)20-7)54-107-64(90)21-8/h14-22H,1-9,23-56H2,10-13H3,(H,77,92)(H,78,93)(H,79,94). The van der Waals surface area contributed by atoms with Gasteiger partial charge in [-0.15, -0.1) is 0 Å². The number of esters is 9. The fraction of sp³-hybridized carbons (Fsp3) is 0.566. The average Bonchev–Trinajstić information content (AvgIpc) is 0.801. The Bertz CT molecular complexity index is 3380. The third-order valence-electron chi connectivity index (χ3n) is 16.1. The van der Waals surface area contributed by atoms with Crippen LogP contribution in [0.4, 0.5) is 14.4 Å². The highest BCUT2D eigenvalue weighted by Crippen LogP contribution is 2.28. The molecule has 0 saturated carbocycles.